The quantitative estimate of drug-likeness (QED) is 0.885. The Morgan fingerprint density at radius 1 is 1.16 bits per heavy atom. The highest BCUT2D eigenvalue weighted by Crippen LogP contribution is 2.35. The van der Waals surface area contributed by atoms with Crippen LogP contribution in [0.1, 0.15) is 54.8 Å². The summed E-state index contributed by atoms with van der Waals surface area (Å²) in [6, 6.07) is 8.32. The van der Waals surface area contributed by atoms with Gasteiger partial charge in [0.2, 0.25) is 0 Å². The zero-order valence-corrected chi connectivity index (χ0v) is 12.9. The van der Waals surface area contributed by atoms with Gasteiger partial charge in [0.1, 0.15) is 0 Å². The van der Waals surface area contributed by atoms with Gasteiger partial charge in [0.15, 0.2) is 0 Å². The van der Waals surface area contributed by atoms with Crippen LogP contribution < -0.4 is 5.32 Å². The van der Waals surface area contributed by atoms with E-state index in [1.807, 2.05) is 0 Å². The van der Waals surface area contributed by atoms with Crippen LogP contribution in [0.2, 0.25) is 0 Å². The third-order valence-corrected chi connectivity index (χ3v) is 5.97. The first-order valence-electron chi connectivity index (χ1n) is 7.66. The molecule has 1 aromatic carbocycles. The molecule has 2 heteroatoms. The number of hydrogen-bond acceptors (Lipinski definition) is 2. The molecule has 3 unspecified atom stereocenters. The molecule has 0 bridgehead atoms. The third kappa shape index (κ3) is 2.85. The van der Waals surface area contributed by atoms with Crippen LogP contribution in [0.3, 0.4) is 0 Å². The highest BCUT2D eigenvalue weighted by molar-refractivity contribution is 7.99. The van der Waals surface area contributed by atoms with Gasteiger partial charge < -0.3 is 5.32 Å². The van der Waals surface area contributed by atoms with Crippen molar-refractivity contribution >= 4 is 11.8 Å². The molecular formula is C17H25NS. The summed E-state index contributed by atoms with van der Waals surface area (Å²) in [5.74, 6) is 0. The summed E-state index contributed by atoms with van der Waals surface area (Å²) in [6.45, 7) is 2.21. The van der Waals surface area contributed by atoms with Crippen LogP contribution in [0.15, 0.2) is 18.2 Å². The summed E-state index contributed by atoms with van der Waals surface area (Å²) in [5, 5.41) is 4.80. The van der Waals surface area contributed by atoms with E-state index in [9.17, 15) is 0 Å². The Kier molecular flexibility index (Phi) is 4.18. The summed E-state index contributed by atoms with van der Waals surface area (Å²) in [4.78, 5) is 0. The van der Waals surface area contributed by atoms with Crippen molar-refractivity contribution in [3.8, 4) is 0 Å². The highest BCUT2D eigenvalue weighted by Gasteiger charge is 2.29. The van der Waals surface area contributed by atoms with Crippen LogP contribution >= 0.6 is 11.8 Å². The summed E-state index contributed by atoms with van der Waals surface area (Å²) in [7, 11) is 0. The minimum absolute atomic E-state index is 0.604. The number of aryl methyl sites for hydroxylation is 2. The molecule has 104 valence electrons. The second-order valence-electron chi connectivity index (χ2n) is 6.13. The fraction of sp³-hybridized carbons (Fsp3) is 0.647. The molecular weight excluding hydrogens is 250 g/mol. The zero-order valence-electron chi connectivity index (χ0n) is 12.1. The first-order chi connectivity index (χ1) is 9.28. The van der Waals surface area contributed by atoms with E-state index < -0.39 is 0 Å². The predicted molar refractivity (Wildman–Crippen MR) is 84.9 cm³/mol. The fourth-order valence-corrected chi connectivity index (χ4v) is 4.67. The molecule has 0 aliphatic heterocycles. The highest BCUT2D eigenvalue weighted by atomic mass is 32.2. The molecule has 0 radical (unpaired) electrons. The number of fused-ring (bicyclic) bond motifs is 1. The molecule has 2 aliphatic carbocycles. The second-order valence-corrected chi connectivity index (χ2v) is 7.20. The van der Waals surface area contributed by atoms with Gasteiger partial charge in [-0.1, -0.05) is 36.6 Å². The smallest absolute Gasteiger partial charge is 0.0329 e. The van der Waals surface area contributed by atoms with E-state index in [2.05, 4.69) is 48.5 Å². The van der Waals surface area contributed by atoms with Gasteiger partial charge in [-0.2, -0.15) is 11.8 Å². The number of thioether (sulfide) groups is 1. The van der Waals surface area contributed by atoms with E-state index in [1.54, 1.807) is 11.1 Å². The van der Waals surface area contributed by atoms with Crippen molar-refractivity contribution in [2.45, 2.75) is 62.8 Å². The summed E-state index contributed by atoms with van der Waals surface area (Å²) in [5.41, 5.74) is 4.54. The Morgan fingerprint density at radius 3 is 2.84 bits per heavy atom. The monoisotopic (exact) mass is 275 g/mol. The average molecular weight is 275 g/mol. The minimum Gasteiger partial charge on any atom is -0.306 e. The second kappa shape index (κ2) is 5.88. The van der Waals surface area contributed by atoms with E-state index in [0.717, 1.165) is 11.3 Å². The van der Waals surface area contributed by atoms with Crippen molar-refractivity contribution in [3.05, 3.63) is 34.9 Å². The maximum atomic E-state index is 3.98. The number of nitrogens with one attached hydrogen (secondary N) is 1. The lowest BCUT2D eigenvalue weighted by Crippen LogP contribution is -2.41. The van der Waals surface area contributed by atoms with E-state index in [0.29, 0.717) is 6.04 Å². The molecule has 3 rings (SSSR count). The predicted octanol–water partition coefficient (Wildman–Crippen LogP) is 4.25. The lowest BCUT2D eigenvalue weighted by atomic mass is 9.93. The van der Waals surface area contributed by atoms with Crippen LogP contribution in [-0.4, -0.2) is 17.5 Å². The number of rotatable bonds is 3. The Labute approximate surface area is 121 Å². The molecule has 0 saturated heterocycles. The Morgan fingerprint density at radius 2 is 2.00 bits per heavy atom. The van der Waals surface area contributed by atoms with Crippen molar-refractivity contribution in [2.24, 2.45) is 0 Å². The third-order valence-electron chi connectivity index (χ3n) is 4.80. The fourth-order valence-electron chi connectivity index (χ4n) is 3.72. The van der Waals surface area contributed by atoms with Crippen LogP contribution in [0.5, 0.6) is 0 Å². The lowest BCUT2D eigenvalue weighted by molar-refractivity contribution is 0.346. The van der Waals surface area contributed by atoms with Gasteiger partial charge >= 0.3 is 0 Å². The molecule has 1 aromatic rings. The van der Waals surface area contributed by atoms with Crippen molar-refractivity contribution in [3.63, 3.8) is 0 Å². The molecule has 19 heavy (non-hydrogen) atoms. The van der Waals surface area contributed by atoms with Crippen molar-refractivity contribution in [2.75, 3.05) is 6.26 Å². The SMILES string of the molecule is CSC1CCCCC1NC1CCc2ccc(C)cc21. The van der Waals surface area contributed by atoms with Gasteiger partial charge in [0.25, 0.3) is 0 Å². The van der Waals surface area contributed by atoms with Crippen LogP contribution in [0.25, 0.3) is 0 Å². The normalized spacial score (nSPS) is 30.3. The zero-order chi connectivity index (χ0) is 13.2. The van der Waals surface area contributed by atoms with Gasteiger partial charge in [-0.3, -0.25) is 0 Å². The van der Waals surface area contributed by atoms with E-state index >= 15 is 0 Å². The molecule has 2 aliphatic rings. The van der Waals surface area contributed by atoms with Gasteiger partial charge in [-0.05, 0) is 50.0 Å². The minimum atomic E-state index is 0.604. The van der Waals surface area contributed by atoms with E-state index in [1.165, 1.54) is 44.1 Å². The van der Waals surface area contributed by atoms with Crippen LogP contribution in [-0.2, 0) is 6.42 Å². The van der Waals surface area contributed by atoms with Crippen LogP contribution in [0.4, 0.5) is 0 Å². The molecule has 1 nitrogen and oxygen atoms in total. The van der Waals surface area contributed by atoms with Crippen LogP contribution in [0, 0.1) is 6.92 Å². The summed E-state index contributed by atoms with van der Waals surface area (Å²) in [6.07, 6.45) is 10.4. The standard InChI is InChI=1S/C17H25NS/c1-12-7-8-13-9-10-15(14(13)11-12)18-16-5-3-4-6-17(16)19-2/h7-8,11,15-18H,3-6,9-10H2,1-2H3. The van der Waals surface area contributed by atoms with Gasteiger partial charge in [0.05, 0.1) is 0 Å². The Bertz CT molecular complexity index is 443. The largest absolute Gasteiger partial charge is 0.306 e. The maximum absolute atomic E-state index is 3.98. The van der Waals surface area contributed by atoms with Gasteiger partial charge in [-0.25, -0.2) is 0 Å². The van der Waals surface area contributed by atoms with Crippen molar-refractivity contribution in [1.82, 2.24) is 5.32 Å². The Balaban J connectivity index is 1.73. The molecule has 3 atom stereocenters. The molecule has 1 N–H and O–H groups in total. The molecule has 0 spiro atoms. The average Bonchev–Trinajstić information content (AvgIpc) is 2.82. The van der Waals surface area contributed by atoms with E-state index in [4.69, 9.17) is 0 Å². The topological polar surface area (TPSA) is 12.0 Å². The summed E-state index contributed by atoms with van der Waals surface area (Å²) >= 11 is 2.06. The molecule has 1 fully saturated rings. The van der Waals surface area contributed by atoms with Crippen molar-refractivity contribution < 1.29 is 0 Å². The van der Waals surface area contributed by atoms with E-state index in [-0.39, 0.29) is 0 Å². The number of benzene rings is 1. The Hall–Kier alpha value is -0.470. The summed E-state index contributed by atoms with van der Waals surface area (Å²) < 4.78 is 0. The molecule has 0 aromatic heterocycles. The molecule has 0 heterocycles. The van der Waals surface area contributed by atoms with Gasteiger partial charge in [0, 0.05) is 17.3 Å². The first kappa shape index (κ1) is 13.5. The lowest BCUT2D eigenvalue weighted by Gasteiger charge is -2.33. The van der Waals surface area contributed by atoms with Gasteiger partial charge in [-0.15, -0.1) is 0 Å². The maximum Gasteiger partial charge on any atom is 0.0329 e. The van der Waals surface area contributed by atoms with Crippen molar-refractivity contribution in [1.29, 1.82) is 0 Å². The molecule has 0 amide bonds. The first-order valence-corrected chi connectivity index (χ1v) is 8.95. The molecule has 1 saturated carbocycles. The number of hydrogen-bond donors (Lipinski definition) is 1.